The van der Waals surface area contributed by atoms with Gasteiger partial charge in [0.05, 0.1) is 0 Å². The predicted octanol–water partition coefficient (Wildman–Crippen LogP) is 1.94. The third kappa shape index (κ3) is 1.35. The van der Waals surface area contributed by atoms with Gasteiger partial charge in [0.2, 0.25) is 0 Å². The molecule has 1 aromatic carbocycles. The topological polar surface area (TPSA) is 57.5 Å². The van der Waals surface area contributed by atoms with E-state index in [1.54, 1.807) is 0 Å². The number of aliphatic hydroxyl groups excluding tert-OH is 1. The first-order valence-corrected chi connectivity index (χ1v) is 6.09. The van der Waals surface area contributed by atoms with E-state index in [1.807, 2.05) is 18.2 Å². The van der Waals surface area contributed by atoms with Crippen LogP contribution < -0.4 is 0 Å². The van der Waals surface area contributed by atoms with E-state index in [1.165, 1.54) is 5.56 Å². The largest absolute Gasteiger partial charge is 0.479 e. The van der Waals surface area contributed by atoms with Crippen molar-refractivity contribution in [3.8, 4) is 0 Å². The molecule has 1 atom stereocenters. The van der Waals surface area contributed by atoms with Crippen LogP contribution in [0.3, 0.4) is 0 Å². The average Bonchev–Trinajstić information content (AvgIpc) is 3.21. The Morgan fingerprint density at radius 1 is 1.12 bits per heavy atom. The summed E-state index contributed by atoms with van der Waals surface area (Å²) >= 11 is 0. The summed E-state index contributed by atoms with van der Waals surface area (Å²) < 4.78 is 0. The summed E-state index contributed by atoms with van der Waals surface area (Å²) in [4.78, 5) is 11.0. The van der Waals surface area contributed by atoms with Crippen LogP contribution in [-0.4, -0.2) is 22.3 Å². The van der Waals surface area contributed by atoms with Crippen LogP contribution in [0.5, 0.6) is 0 Å². The molecule has 0 bridgehead atoms. The van der Waals surface area contributed by atoms with Gasteiger partial charge in [0, 0.05) is 10.8 Å². The molecule has 2 aliphatic rings. The van der Waals surface area contributed by atoms with E-state index >= 15 is 0 Å². The highest BCUT2D eigenvalue weighted by atomic mass is 16.4. The van der Waals surface area contributed by atoms with Gasteiger partial charge in [0.25, 0.3) is 0 Å². The van der Waals surface area contributed by atoms with Crippen molar-refractivity contribution in [3.05, 3.63) is 35.9 Å². The number of benzene rings is 1. The number of aliphatic hydroxyl groups is 1. The Bertz CT molecular complexity index is 444. The Balaban J connectivity index is 1.97. The Hall–Kier alpha value is -1.35. The first-order chi connectivity index (χ1) is 8.12. The summed E-state index contributed by atoms with van der Waals surface area (Å²) in [7, 11) is 0. The maximum atomic E-state index is 11.0. The van der Waals surface area contributed by atoms with Gasteiger partial charge in [-0.15, -0.1) is 0 Å². The number of rotatable bonds is 4. The predicted molar refractivity (Wildman–Crippen MR) is 62.7 cm³/mol. The number of aliphatic carboxylic acids is 1. The molecular weight excluding hydrogens is 216 g/mol. The number of hydrogen-bond donors (Lipinski definition) is 2. The normalized spacial score (nSPS) is 25.0. The fourth-order valence-corrected chi connectivity index (χ4v) is 3.34. The molecule has 17 heavy (non-hydrogen) atoms. The van der Waals surface area contributed by atoms with E-state index in [-0.39, 0.29) is 5.41 Å². The van der Waals surface area contributed by atoms with Crippen LogP contribution in [0, 0.1) is 5.41 Å². The molecule has 1 aromatic rings. The van der Waals surface area contributed by atoms with E-state index in [0.717, 1.165) is 25.7 Å². The highest BCUT2D eigenvalue weighted by Gasteiger charge is 2.70. The van der Waals surface area contributed by atoms with Crippen molar-refractivity contribution >= 4 is 5.97 Å². The minimum atomic E-state index is -1.22. The second kappa shape index (κ2) is 3.33. The lowest BCUT2D eigenvalue weighted by molar-refractivity contribution is -0.151. The molecule has 0 saturated heterocycles. The first kappa shape index (κ1) is 10.8. The SMILES string of the molecule is O=C(O)C(O)C1(C2(c3ccccc3)CC2)CC1. The lowest BCUT2D eigenvalue weighted by atomic mass is 9.76. The minimum absolute atomic E-state index is 0.0773. The van der Waals surface area contributed by atoms with Crippen molar-refractivity contribution in [3.63, 3.8) is 0 Å². The summed E-state index contributed by atoms with van der Waals surface area (Å²) in [6.45, 7) is 0. The number of carboxylic acid groups (broad SMARTS) is 1. The molecule has 0 aliphatic heterocycles. The molecule has 2 N–H and O–H groups in total. The molecule has 90 valence electrons. The van der Waals surface area contributed by atoms with Crippen LogP contribution >= 0.6 is 0 Å². The highest BCUT2D eigenvalue weighted by Crippen LogP contribution is 2.72. The lowest BCUT2D eigenvalue weighted by Crippen LogP contribution is -2.39. The zero-order valence-corrected chi connectivity index (χ0v) is 9.60. The fourth-order valence-electron chi connectivity index (χ4n) is 3.34. The van der Waals surface area contributed by atoms with Gasteiger partial charge in [0.15, 0.2) is 6.10 Å². The van der Waals surface area contributed by atoms with Gasteiger partial charge < -0.3 is 10.2 Å². The Morgan fingerprint density at radius 3 is 2.12 bits per heavy atom. The number of hydrogen-bond acceptors (Lipinski definition) is 2. The summed E-state index contributed by atoms with van der Waals surface area (Å²) in [5, 5.41) is 19.0. The van der Waals surface area contributed by atoms with E-state index in [9.17, 15) is 9.90 Å². The lowest BCUT2D eigenvalue weighted by Gasteiger charge is -2.29. The Kier molecular flexibility index (Phi) is 2.11. The molecule has 0 radical (unpaired) electrons. The molecule has 0 spiro atoms. The van der Waals surface area contributed by atoms with Gasteiger partial charge in [-0.2, -0.15) is 0 Å². The fraction of sp³-hybridized carbons (Fsp3) is 0.500. The molecule has 2 fully saturated rings. The maximum absolute atomic E-state index is 11.0. The number of carboxylic acids is 1. The monoisotopic (exact) mass is 232 g/mol. The quantitative estimate of drug-likeness (QED) is 0.834. The molecule has 1 unspecified atom stereocenters. The van der Waals surface area contributed by atoms with Crippen LogP contribution in [0.2, 0.25) is 0 Å². The highest BCUT2D eigenvalue weighted by molar-refractivity contribution is 5.74. The second-order valence-electron chi connectivity index (χ2n) is 5.35. The van der Waals surface area contributed by atoms with Crippen molar-refractivity contribution in [2.45, 2.75) is 37.2 Å². The van der Waals surface area contributed by atoms with E-state index in [4.69, 9.17) is 5.11 Å². The Morgan fingerprint density at radius 2 is 1.71 bits per heavy atom. The Labute approximate surface area is 100 Å². The van der Waals surface area contributed by atoms with Gasteiger partial charge in [-0.1, -0.05) is 30.3 Å². The van der Waals surface area contributed by atoms with Crippen LogP contribution in [0.1, 0.15) is 31.2 Å². The van der Waals surface area contributed by atoms with Crippen LogP contribution in [0.4, 0.5) is 0 Å². The van der Waals surface area contributed by atoms with Gasteiger partial charge in [-0.3, -0.25) is 0 Å². The number of carbonyl (C=O) groups is 1. The van der Waals surface area contributed by atoms with Crippen molar-refractivity contribution in [1.82, 2.24) is 0 Å². The molecule has 0 aromatic heterocycles. The molecule has 3 nitrogen and oxygen atoms in total. The van der Waals surface area contributed by atoms with Crippen LogP contribution in [0.25, 0.3) is 0 Å². The van der Waals surface area contributed by atoms with Crippen molar-refractivity contribution in [2.75, 3.05) is 0 Å². The maximum Gasteiger partial charge on any atom is 0.333 e. The van der Waals surface area contributed by atoms with Crippen LogP contribution in [0.15, 0.2) is 30.3 Å². The third-order valence-electron chi connectivity index (χ3n) is 4.58. The first-order valence-electron chi connectivity index (χ1n) is 6.09. The summed E-state index contributed by atoms with van der Waals surface area (Å²) in [5.74, 6) is -1.08. The second-order valence-corrected chi connectivity index (χ2v) is 5.35. The van der Waals surface area contributed by atoms with Gasteiger partial charge in [-0.05, 0) is 31.2 Å². The van der Waals surface area contributed by atoms with Crippen molar-refractivity contribution < 1.29 is 15.0 Å². The van der Waals surface area contributed by atoms with Crippen LogP contribution in [-0.2, 0) is 10.2 Å². The zero-order valence-electron chi connectivity index (χ0n) is 9.60. The van der Waals surface area contributed by atoms with E-state index < -0.39 is 17.5 Å². The molecular formula is C14H16O3. The molecule has 2 aliphatic carbocycles. The average molecular weight is 232 g/mol. The molecule has 3 rings (SSSR count). The van der Waals surface area contributed by atoms with E-state index in [2.05, 4.69) is 12.1 Å². The standard InChI is InChI=1S/C14H16O3/c15-11(12(16)17)14(8-9-14)13(6-7-13)10-4-2-1-3-5-10/h1-5,11,15H,6-9H2,(H,16,17). The van der Waals surface area contributed by atoms with Gasteiger partial charge in [-0.25, -0.2) is 4.79 Å². The molecule has 3 heteroatoms. The smallest absolute Gasteiger partial charge is 0.333 e. The summed E-state index contributed by atoms with van der Waals surface area (Å²) in [6.07, 6.45) is 2.44. The van der Waals surface area contributed by atoms with Crippen molar-refractivity contribution in [2.24, 2.45) is 5.41 Å². The summed E-state index contributed by atoms with van der Waals surface area (Å²) in [5.41, 5.74) is 0.713. The van der Waals surface area contributed by atoms with Gasteiger partial charge in [0.1, 0.15) is 0 Å². The minimum Gasteiger partial charge on any atom is -0.479 e. The van der Waals surface area contributed by atoms with Crippen molar-refractivity contribution in [1.29, 1.82) is 0 Å². The summed E-state index contributed by atoms with van der Waals surface area (Å²) in [6, 6.07) is 10.0. The van der Waals surface area contributed by atoms with Gasteiger partial charge >= 0.3 is 5.97 Å². The molecule has 2 saturated carbocycles. The van der Waals surface area contributed by atoms with E-state index in [0.29, 0.717) is 0 Å². The molecule has 0 amide bonds. The molecule has 0 heterocycles. The zero-order chi connectivity index (χ0) is 12.1. The third-order valence-corrected chi connectivity index (χ3v) is 4.58.